The van der Waals surface area contributed by atoms with E-state index in [1.165, 1.54) is 0 Å². The van der Waals surface area contributed by atoms with Gasteiger partial charge in [0.1, 0.15) is 6.67 Å². The minimum atomic E-state index is -1.13. The number of carbonyl (C=O) groups is 4. The lowest BCUT2D eigenvalue weighted by atomic mass is 9.86. The number of rotatable bonds is 15. The molecule has 0 saturated carbocycles. The standard InChI is InChI=1S/C28H40FN3O4/c1-18(2)23(16-25(33)21-11-9-19(3)10-12-21)28(36)32-14-6-8-24(32)26(34)15-22(27(35)17-29)7-5-13-31-20(4)30/h9-12,18,22-24,31H,4-8,13-17,30H2,1-3H3/t22-,23+,24+/m1/s1. The first kappa shape index (κ1) is 29.2. The summed E-state index contributed by atoms with van der Waals surface area (Å²) < 4.78 is 13.2. The van der Waals surface area contributed by atoms with Gasteiger partial charge >= 0.3 is 0 Å². The third-order valence-electron chi connectivity index (χ3n) is 6.92. The van der Waals surface area contributed by atoms with Gasteiger partial charge in [0.15, 0.2) is 17.3 Å². The number of alkyl halides is 1. The molecule has 7 nitrogen and oxygen atoms in total. The largest absolute Gasteiger partial charge is 0.386 e. The Balaban J connectivity index is 2.08. The van der Waals surface area contributed by atoms with Crippen LogP contribution in [-0.4, -0.2) is 54.0 Å². The number of nitrogens with one attached hydrogen (secondary N) is 1. The summed E-state index contributed by atoms with van der Waals surface area (Å²) in [5.41, 5.74) is 7.08. The number of halogens is 1. The Bertz CT molecular complexity index is 945. The fourth-order valence-electron chi connectivity index (χ4n) is 4.71. The summed E-state index contributed by atoms with van der Waals surface area (Å²) >= 11 is 0. The van der Waals surface area contributed by atoms with E-state index >= 15 is 0 Å². The molecule has 1 aromatic carbocycles. The molecular weight excluding hydrogens is 461 g/mol. The molecule has 0 unspecified atom stereocenters. The minimum Gasteiger partial charge on any atom is -0.386 e. The highest BCUT2D eigenvalue weighted by Crippen LogP contribution is 2.28. The summed E-state index contributed by atoms with van der Waals surface area (Å²) in [5.74, 6) is -2.21. The maximum absolute atomic E-state index is 13.5. The number of nitrogens with two attached hydrogens (primary N) is 1. The van der Waals surface area contributed by atoms with Crippen molar-refractivity contribution in [3.8, 4) is 0 Å². The van der Waals surface area contributed by atoms with E-state index in [1.54, 1.807) is 17.0 Å². The molecule has 3 N–H and O–H groups in total. The fraction of sp³-hybridized carbons (Fsp3) is 0.571. The van der Waals surface area contributed by atoms with E-state index in [2.05, 4.69) is 11.9 Å². The molecule has 8 heteroatoms. The van der Waals surface area contributed by atoms with Gasteiger partial charge in [-0.15, -0.1) is 0 Å². The molecule has 1 fully saturated rings. The number of Topliss-reactive ketones (excluding diaryl/α,β-unsaturated/α-hetero) is 3. The molecule has 1 saturated heterocycles. The van der Waals surface area contributed by atoms with Gasteiger partial charge in [0.2, 0.25) is 5.91 Å². The van der Waals surface area contributed by atoms with Crippen LogP contribution < -0.4 is 11.1 Å². The molecule has 36 heavy (non-hydrogen) atoms. The minimum absolute atomic E-state index is 0.0688. The average Bonchev–Trinajstić information content (AvgIpc) is 3.33. The topological polar surface area (TPSA) is 110 Å². The lowest BCUT2D eigenvalue weighted by Gasteiger charge is -2.30. The van der Waals surface area contributed by atoms with E-state index in [0.29, 0.717) is 50.2 Å². The number of likely N-dealkylation sites (tertiary alicyclic amines) is 1. The lowest BCUT2D eigenvalue weighted by Crippen LogP contribution is -2.45. The number of hydrogen-bond donors (Lipinski definition) is 2. The van der Waals surface area contributed by atoms with Gasteiger partial charge in [-0.25, -0.2) is 4.39 Å². The van der Waals surface area contributed by atoms with Crippen LogP contribution in [0.25, 0.3) is 0 Å². The molecule has 3 atom stereocenters. The van der Waals surface area contributed by atoms with Crippen molar-refractivity contribution in [2.45, 2.75) is 65.3 Å². The summed E-state index contributed by atoms with van der Waals surface area (Å²) in [6.45, 7) is 9.06. The molecule has 2 rings (SSSR count). The third-order valence-corrected chi connectivity index (χ3v) is 6.92. The Kier molecular flexibility index (Phi) is 11.3. The van der Waals surface area contributed by atoms with Crippen molar-refractivity contribution < 1.29 is 23.6 Å². The van der Waals surface area contributed by atoms with E-state index in [1.807, 2.05) is 32.9 Å². The van der Waals surface area contributed by atoms with Crippen LogP contribution in [0.4, 0.5) is 4.39 Å². The van der Waals surface area contributed by atoms with E-state index in [0.717, 1.165) is 5.56 Å². The molecule has 0 bridgehead atoms. The quantitative estimate of drug-likeness (QED) is 0.280. The molecule has 1 aliphatic rings. The van der Waals surface area contributed by atoms with Gasteiger partial charge < -0.3 is 16.0 Å². The fourth-order valence-corrected chi connectivity index (χ4v) is 4.71. The van der Waals surface area contributed by atoms with Crippen LogP contribution in [0, 0.1) is 24.7 Å². The Morgan fingerprint density at radius 2 is 1.83 bits per heavy atom. The van der Waals surface area contributed by atoms with E-state index < -0.39 is 30.3 Å². The summed E-state index contributed by atoms with van der Waals surface area (Å²) in [7, 11) is 0. The van der Waals surface area contributed by atoms with Crippen molar-refractivity contribution in [2.24, 2.45) is 23.5 Å². The summed E-state index contributed by atoms with van der Waals surface area (Å²) in [6.07, 6.45) is 2.02. The van der Waals surface area contributed by atoms with Crippen molar-refractivity contribution in [1.82, 2.24) is 10.2 Å². The van der Waals surface area contributed by atoms with Crippen LogP contribution in [-0.2, 0) is 14.4 Å². The number of amides is 1. The summed E-state index contributed by atoms with van der Waals surface area (Å²) in [5, 5.41) is 2.85. The zero-order valence-electron chi connectivity index (χ0n) is 21.7. The Morgan fingerprint density at radius 1 is 1.17 bits per heavy atom. The van der Waals surface area contributed by atoms with Gasteiger partial charge in [-0.05, 0) is 38.5 Å². The molecule has 0 aliphatic carbocycles. The van der Waals surface area contributed by atoms with Gasteiger partial charge in [0.25, 0.3) is 0 Å². The smallest absolute Gasteiger partial charge is 0.227 e. The van der Waals surface area contributed by atoms with E-state index in [-0.39, 0.29) is 36.2 Å². The zero-order chi connectivity index (χ0) is 26.8. The molecule has 1 aliphatic heterocycles. The van der Waals surface area contributed by atoms with Crippen LogP contribution in [0.3, 0.4) is 0 Å². The molecular formula is C28H40FN3O4. The van der Waals surface area contributed by atoms with E-state index in [9.17, 15) is 23.6 Å². The first-order valence-corrected chi connectivity index (χ1v) is 12.7. The zero-order valence-corrected chi connectivity index (χ0v) is 21.7. The van der Waals surface area contributed by atoms with Crippen molar-refractivity contribution in [2.75, 3.05) is 19.8 Å². The molecule has 1 heterocycles. The molecule has 1 amide bonds. The van der Waals surface area contributed by atoms with Gasteiger partial charge in [-0.3, -0.25) is 19.2 Å². The Morgan fingerprint density at radius 3 is 2.42 bits per heavy atom. The molecule has 0 spiro atoms. The molecule has 0 aromatic heterocycles. The van der Waals surface area contributed by atoms with Crippen molar-refractivity contribution in [3.63, 3.8) is 0 Å². The monoisotopic (exact) mass is 501 g/mol. The highest BCUT2D eigenvalue weighted by Gasteiger charge is 2.39. The number of aryl methyl sites for hydroxylation is 1. The number of benzene rings is 1. The highest BCUT2D eigenvalue weighted by molar-refractivity contribution is 5.99. The maximum Gasteiger partial charge on any atom is 0.227 e. The SMILES string of the molecule is C=C(N)NCCC[C@H](CC(=O)[C@@H]1CCCN1C(=O)[C@@H](CC(=O)c1ccc(C)cc1)C(C)C)C(=O)CF. The summed E-state index contributed by atoms with van der Waals surface area (Å²) in [4.78, 5) is 53.4. The molecule has 198 valence electrons. The first-order chi connectivity index (χ1) is 17.0. The number of nitrogens with zero attached hydrogens (tertiary/aromatic N) is 1. The van der Waals surface area contributed by atoms with Crippen LogP contribution in [0.1, 0.15) is 68.3 Å². The third kappa shape index (κ3) is 8.28. The van der Waals surface area contributed by atoms with Crippen LogP contribution in [0.2, 0.25) is 0 Å². The summed E-state index contributed by atoms with van der Waals surface area (Å²) in [6, 6.07) is 6.62. The second kappa shape index (κ2) is 13.9. The van der Waals surface area contributed by atoms with Crippen LogP contribution >= 0.6 is 0 Å². The predicted molar refractivity (Wildman–Crippen MR) is 138 cm³/mol. The number of carbonyl (C=O) groups excluding carboxylic acids is 4. The predicted octanol–water partition coefficient (Wildman–Crippen LogP) is 3.74. The van der Waals surface area contributed by atoms with Crippen LogP contribution in [0.5, 0.6) is 0 Å². The Labute approximate surface area is 213 Å². The second-order valence-electron chi connectivity index (χ2n) is 10.1. The molecule has 0 radical (unpaired) electrons. The average molecular weight is 502 g/mol. The maximum atomic E-state index is 13.5. The first-order valence-electron chi connectivity index (χ1n) is 12.7. The van der Waals surface area contributed by atoms with Crippen molar-refractivity contribution >= 4 is 23.3 Å². The Hall–Kier alpha value is -3.03. The van der Waals surface area contributed by atoms with Crippen molar-refractivity contribution in [3.05, 3.63) is 47.8 Å². The van der Waals surface area contributed by atoms with E-state index in [4.69, 9.17) is 5.73 Å². The van der Waals surface area contributed by atoms with Gasteiger partial charge in [-0.2, -0.15) is 0 Å². The van der Waals surface area contributed by atoms with Crippen LogP contribution in [0.15, 0.2) is 36.7 Å². The number of ketones is 3. The molecule has 1 aromatic rings. The second-order valence-corrected chi connectivity index (χ2v) is 10.1. The lowest BCUT2D eigenvalue weighted by molar-refractivity contribution is -0.142. The number of hydrogen-bond acceptors (Lipinski definition) is 6. The normalized spacial score (nSPS) is 17.0. The van der Waals surface area contributed by atoms with Gasteiger partial charge in [-0.1, -0.05) is 50.3 Å². The highest BCUT2D eigenvalue weighted by atomic mass is 19.1. The van der Waals surface area contributed by atoms with Gasteiger partial charge in [0.05, 0.1) is 11.9 Å². The van der Waals surface area contributed by atoms with Crippen molar-refractivity contribution in [1.29, 1.82) is 0 Å². The van der Waals surface area contributed by atoms with Gasteiger partial charge in [0, 0.05) is 43.3 Å².